The van der Waals surface area contributed by atoms with Crippen LogP contribution in [0.4, 0.5) is 0 Å². The van der Waals surface area contributed by atoms with Gasteiger partial charge < -0.3 is 4.79 Å². The van der Waals surface area contributed by atoms with Crippen LogP contribution >= 0.6 is 0 Å². The number of hydrogen-bond acceptors (Lipinski definition) is 2. The summed E-state index contributed by atoms with van der Waals surface area (Å²) < 4.78 is 0. The highest BCUT2D eigenvalue weighted by molar-refractivity contribution is 5.60. The lowest BCUT2D eigenvalue weighted by molar-refractivity contribution is -0.117. The number of nitrogens with zero attached hydrogens (tertiary/aromatic N) is 1. The summed E-state index contributed by atoms with van der Waals surface area (Å²) in [5.41, 5.74) is 1.27. The van der Waals surface area contributed by atoms with Crippen LogP contribution in [0.3, 0.4) is 0 Å². The van der Waals surface area contributed by atoms with E-state index in [2.05, 4.69) is 36.1 Å². The molecule has 98 valence electrons. The summed E-state index contributed by atoms with van der Waals surface area (Å²) >= 11 is 0. The maximum absolute atomic E-state index is 11.4. The Kier molecular flexibility index (Phi) is 4.54. The van der Waals surface area contributed by atoms with E-state index >= 15 is 0 Å². The Labute approximate surface area is 110 Å². The minimum absolute atomic E-state index is 0.0647. The van der Waals surface area contributed by atoms with Gasteiger partial charge in [-0.1, -0.05) is 50.1 Å². The molecule has 0 amide bonds. The molecule has 2 nitrogen and oxygen atoms in total. The predicted molar refractivity (Wildman–Crippen MR) is 74.4 cm³/mol. The van der Waals surface area contributed by atoms with Gasteiger partial charge in [0, 0.05) is 18.5 Å². The predicted octanol–water partition coefficient (Wildman–Crippen LogP) is 3.27. The molecule has 1 saturated carbocycles. The fraction of sp³-hybridized carbons (Fsp3) is 0.562. The van der Waals surface area contributed by atoms with Crippen LogP contribution in [0.25, 0.3) is 0 Å². The van der Waals surface area contributed by atoms with Gasteiger partial charge in [0.1, 0.15) is 6.29 Å². The third-order valence-electron chi connectivity index (χ3n) is 4.08. The number of benzene rings is 1. The lowest BCUT2D eigenvalue weighted by Gasteiger charge is -2.30. The maximum atomic E-state index is 11.4. The van der Waals surface area contributed by atoms with Gasteiger partial charge in [-0.05, 0) is 24.9 Å². The van der Waals surface area contributed by atoms with Gasteiger partial charge in [0.2, 0.25) is 0 Å². The van der Waals surface area contributed by atoms with Crippen molar-refractivity contribution < 1.29 is 4.79 Å². The molecule has 2 heteroatoms. The van der Waals surface area contributed by atoms with Crippen molar-refractivity contribution in [3.05, 3.63) is 35.9 Å². The van der Waals surface area contributed by atoms with E-state index in [0.29, 0.717) is 0 Å². The van der Waals surface area contributed by atoms with Crippen molar-refractivity contribution >= 4 is 6.29 Å². The Balaban J connectivity index is 1.99. The van der Waals surface area contributed by atoms with E-state index in [1.807, 2.05) is 6.07 Å². The minimum atomic E-state index is -0.0647. The monoisotopic (exact) mass is 245 g/mol. The minimum Gasteiger partial charge on any atom is -0.303 e. The van der Waals surface area contributed by atoms with Gasteiger partial charge in [-0.3, -0.25) is 4.90 Å². The first kappa shape index (κ1) is 13.3. The molecule has 0 bridgehead atoms. The van der Waals surface area contributed by atoms with Crippen LogP contribution in [0, 0.1) is 5.41 Å². The van der Waals surface area contributed by atoms with Gasteiger partial charge in [0.15, 0.2) is 0 Å². The molecule has 1 fully saturated rings. The molecule has 0 radical (unpaired) electrons. The summed E-state index contributed by atoms with van der Waals surface area (Å²) in [6, 6.07) is 10.5. The van der Waals surface area contributed by atoms with Crippen LogP contribution in [0.5, 0.6) is 0 Å². The molecule has 0 atom stereocenters. The fourth-order valence-corrected chi connectivity index (χ4v) is 2.96. The van der Waals surface area contributed by atoms with Crippen molar-refractivity contribution in [2.24, 2.45) is 5.41 Å². The second-order valence-electron chi connectivity index (χ2n) is 5.48. The first-order valence-electron chi connectivity index (χ1n) is 7.01. The summed E-state index contributed by atoms with van der Waals surface area (Å²) in [5, 5.41) is 0. The van der Waals surface area contributed by atoms with Gasteiger partial charge in [-0.15, -0.1) is 0 Å². The highest BCUT2D eigenvalue weighted by Crippen LogP contribution is 2.37. The zero-order valence-electron chi connectivity index (χ0n) is 11.3. The topological polar surface area (TPSA) is 20.3 Å². The Bertz CT molecular complexity index is 368. The van der Waals surface area contributed by atoms with E-state index < -0.39 is 0 Å². The van der Waals surface area contributed by atoms with Gasteiger partial charge in [0.05, 0.1) is 0 Å². The highest BCUT2D eigenvalue weighted by atomic mass is 16.1. The van der Waals surface area contributed by atoms with Gasteiger partial charge in [0.25, 0.3) is 0 Å². The fourth-order valence-electron chi connectivity index (χ4n) is 2.96. The average molecular weight is 245 g/mol. The molecule has 1 aliphatic rings. The number of aldehydes is 1. The normalized spacial score (nSPS) is 18.1. The second-order valence-corrected chi connectivity index (χ2v) is 5.48. The van der Waals surface area contributed by atoms with Crippen molar-refractivity contribution in [2.75, 3.05) is 13.1 Å². The molecule has 1 aliphatic carbocycles. The lowest BCUT2D eigenvalue weighted by Crippen LogP contribution is -2.36. The quantitative estimate of drug-likeness (QED) is 0.717. The van der Waals surface area contributed by atoms with Crippen molar-refractivity contribution in [1.29, 1.82) is 0 Å². The summed E-state index contributed by atoms with van der Waals surface area (Å²) in [5.74, 6) is 0. The maximum Gasteiger partial charge on any atom is 0.127 e. The number of carbonyl (C=O) groups is 1. The largest absolute Gasteiger partial charge is 0.303 e. The Morgan fingerprint density at radius 2 is 1.89 bits per heavy atom. The number of hydrogen-bond donors (Lipinski definition) is 0. The Morgan fingerprint density at radius 3 is 2.44 bits per heavy atom. The van der Waals surface area contributed by atoms with E-state index in [4.69, 9.17) is 0 Å². The summed E-state index contributed by atoms with van der Waals surface area (Å²) in [4.78, 5) is 13.8. The van der Waals surface area contributed by atoms with E-state index in [-0.39, 0.29) is 5.41 Å². The molecule has 2 rings (SSSR count). The summed E-state index contributed by atoms with van der Waals surface area (Å²) in [6.07, 6.45) is 5.78. The number of carbonyl (C=O) groups excluding carboxylic acids is 1. The molecule has 0 saturated heterocycles. The standard InChI is InChI=1S/C16H23NO/c1-2-17(12-15-8-4-3-5-9-15)13-16(14-18)10-6-7-11-16/h3-5,8-9,14H,2,6-7,10-13H2,1H3. The zero-order chi connectivity index (χ0) is 12.8. The second kappa shape index (κ2) is 6.14. The summed E-state index contributed by atoms with van der Waals surface area (Å²) in [6.45, 7) is 5.05. The Hall–Kier alpha value is -1.15. The van der Waals surface area contributed by atoms with Crippen LogP contribution in [0.2, 0.25) is 0 Å². The van der Waals surface area contributed by atoms with Crippen LogP contribution in [0.15, 0.2) is 30.3 Å². The van der Waals surface area contributed by atoms with Gasteiger partial charge in [-0.2, -0.15) is 0 Å². The van der Waals surface area contributed by atoms with Crippen LogP contribution in [-0.2, 0) is 11.3 Å². The van der Waals surface area contributed by atoms with E-state index in [9.17, 15) is 4.79 Å². The molecule has 1 aromatic rings. The third kappa shape index (κ3) is 3.20. The van der Waals surface area contributed by atoms with Crippen LogP contribution in [-0.4, -0.2) is 24.3 Å². The van der Waals surface area contributed by atoms with Gasteiger partial charge >= 0.3 is 0 Å². The van der Waals surface area contributed by atoms with Gasteiger partial charge in [-0.25, -0.2) is 0 Å². The molecular formula is C16H23NO. The van der Waals surface area contributed by atoms with E-state index in [1.165, 1.54) is 24.7 Å². The first-order chi connectivity index (χ1) is 8.78. The smallest absolute Gasteiger partial charge is 0.127 e. The van der Waals surface area contributed by atoms with Crippen molar-refractivity contribution in [1.82, 2.24) is 4.90 Å². The molecule has 0 unspecified atom stereocenters. The molecular weight excluding hydrogens is 222 g/mol. The molecule has 0 aromatic heterocycles. The SMILES string of the molecule is CCN(Cc1ccccc1)CC1(C=O)CCCC1. The van der Waals surface area contributed by atoms with Crippen molar-refractivity contribution in [2.45, 2.75) is 39.2 Å². The molecule has 18 heavy (non-hydrogen) atoms. The van der Waals surface area contributed by atoms with Crippen molar-refractivity contribution in [3.63, 3.8) is 0 Å². The van der Waals surface area contributed by atoms with Crippen LogP contribution in [0.1, 0.15) is 38.2 Å². The molecule has 0 spiro atoms. The molecule has 0 heterocycles. The van der Waals surface area contributed by atoms with Crippen molar-refractivity contribution in [3.8, 4) is 0 Å². The summed E-state index contributed by atoms with van der Waals surface area (Å²) in [7, 11) is 0. The highest BCUT2D eigenvalue weighted by Gasteiger charge is 2.34. The Morgan fingerprint density at radius 1 is 1.22 bits per heavy atom. The third-order valence-corrected chi connectivity index (χ3v) is 4.08. The lowest BCUT2D eigenvalue weighted by atomic mass is 9.87. The average Bonchev–Trinajstić information content (AvgIpc) is 2.88. The van der Waals surface area contributed by atoms with E-state index in [0.717, 1.165) is 32.5 Å². The number of rotatable bonds is 6. The first-order valence-corrected chi connectivity index (χ1v) is 7.01. The molecule has 0 aliphatic heterocycles. The zero-order valence-corrected chi connectivity index (χ0v) is 11.3. The molecule has 0 N–H and O–H groups in total. The molecule has 1 aromatic carbocycles. The van der Waals surface area contributed by atoms with E-state index in [1.54, 1.807) is 0 Å². The van der Waals surface area contributed by atoms with Crippen LogP contribution < -0.4 is 0 Å².